The van der Waals surface area contributed by atoms with Gasteiger partial charge in [0.25, 0.3) is 0 Å². The first-order chi connectivity index (χ1) is 9.81. The highest BCUT2D eigenvalue weighted by Crippen LogP contribution is 2.33. The molecule has 1 saturated carbocycles. The molecule has 5 nitrogen and oxygen atoms in total. The van der Waals surface area contributed by atoms with E-state index >= 15 is 0 Å². The van der Waals surface area contributed by atoms with Crippen LogP contribution in [0.4, 0.5) is 24.9 Å². The van der Waals surface area contributed by atoms with E-state index in [1.54, 1.807) is 0 Å². The molecule has 1 fully saturated rings. The third-order valence-corrected chi connectivity index (χ3v) is 4.19. The second kappa shape index (κ2) is 6.05. The van der Waals surface area contributed by atoms with Gasteiger partial charge in [-0.2, -0.15) is 18.2 Å². The van der Waals surface area contributed by atoms with E-state index in [1.165, 1.54) is 0 Å². The Balaban J connectivity index is 2.23. The highest BCUT2D eigenvalue weighted by atomic mass is 19.4. The van der Waals surface area contributed by atoms with Gasteiger partial charge in [0.05, 0.1) is 0 Å². The summed E-state index contributed by atoms with van der Waals surface area (Å²) >= 11 is 0. The summed E-state index contributed by atoms with van der Waals surface area (Å²) in [6.07, 6.45) is -1.41. The van der Waals surface area contributed by atoms with Gasteiger partial charge in [-0.1, -0.05) is 26.7 Å². The summed E-state index contributed by atoms with van der Waals surface area (Å²) in [6, 6.07) is 1.03. The lowest BCUT2D eigenvalue weighted by Gasteiger charge is -2.35. The molecule has 1 aliphatic carbocycles. The van der Waals surface area contributed by atoms with Crippen LogP contribution in [0.5, 0.6) is 0 Å². The summed E-state index contributed by atoms with van der Waals surface area (Å²) in [6.45, 7) is 4.27. The second-order valence-electron chi connectivity index (χ2n) is 5.62. The van der Waals surface area contributed by atoms with Crippen LogP contribution in [0.3, 0.4) is 0 Å². The number of nitrogens with zero attached hydrogens (tertiary/aromatic N) is 2. The molecule has 1 aliphatic rings. The van der Waals surface area contributed by atoms with E-state index in [1.807, 2.05) is 0 Å². The molecule has 8 heteroatoms. The molecule has 3 atom stereocenters. The van der Waals surface area contributed by atoms with Crippen LogP contribution in [0.2, 0.25) is 0 Å². The molecule has 2 rings (SSSR count). The number of hydrogen-bond donors (Lipinski definition) is 3. The lowest BCUT2D eigenvalue weighted by Crippen LogP contribution is -2.35. The summed E-state index contributed by atoms with van der Waals surface area (Å²) in [5, 5.41) is 3.10. The summed E-state index contributed by atoms with van der Waals surface area (Å²) in [5.41, 5.74) is 1.07. The maximum atomic E-state index is 12.8. The highest BCUT2D eigenvalue weighted by molar-refractivity contribution is 5.43. The van der Waals surface area contributed by atoms with Gasteiger partial charge in [-0.3, -0.25) is 5.43 Å². The Hall–Kier alpha value is -1.57. The molecule has 21 heavy (non-hydrogen) atoms. The number of anilines is 2. The van der Waals surface area contributed by atoms with E-state index in [9.17, 15) is 13.2 Å². The van der Waals surface area contributed by atoms with E-state index in [4.69, 9.17) is 5.84 Å². The van der Waals surface area contributed by atoms with Gasteiger partial charge in [0.1, 0.15) is 5.82 Å². The van der Waals surface area contributed by atoms with Gasteiger partial charge in [0.15, 0.2) is 5.69 Å². The summed E-state index contributed by atoms with van der Waals surface area (Å²) in [7, 11) is 0. The zero-order valence-corrected chi connectivity index (χ0v) is 12.0. The Morgan fingerprint density at radius 1 is 1.24 bits per heavy atom. The second-order valence-corrected chi connectivity index (χ2v) is 5.62. The van der Waals surface area contributed by atoms with Gasteiger partial charge in [-0.15, -0.1) is 0 Å². The Kier molecular flexibility index (Phi) is 4.55. The van der Waals surface area contributed by atoms with Crippen LogP contribution in [0.15, 0.2) is 6.07 Å². The third-order valence-electron chi connectivity index (χ3n) is 4.19. The lowest BCUT2D eigenvalue weighted by molar-refractivity contribution is -0.141. The molecule has 0 saturated heterocycles. The van der Waals surface area contributed by atoms with Crippen LogP contribution >= 0.6 is 0 Å². The maximum absolute atomic E-state index is 12.8. The maximum Gasteiger partial charge on any atom is 0.433 e. The third kappa shape index (κ3) is 3.75. The molecule has 0 bridgehead atoms. The van der Waals surface area contributed by atoms with Crippen LogP contribution in [0.1, 0.15) is 38.8 Å². The molecular weight excluding hydrogens is 283 g/mol. The van der Waals surface area contributed by atoms with Crippen molar-refractivity contribution in [2.45, 2.75) is 45.3 Å². The molecule has 0 amide bonds. The fraction of sp³-hybridized carbons (Fsp3) is 0.692. The average molecular weight is 303 g/mol. The number of nitrogens with one attached hydrogen (secondary N) is 2. The number of aromatic nitrogens is 2. The van der Waals surface area contributed by atoms with Crippen LogP contribution in [0, 0.1) is 11.8 Å². The van der Waals surface area contributed by atoms with Crippen LogP contribution < -0.4 is 16.6 Å². The van der Waals surface area contributed by atoms with Crippen molar-refractivity contribution in [3.05, 3.63) is 11.8 Å². The van der Waals surface area contributed by atoms with Crippen molar-refractivity contribution in [2.24, 2.45) is 17.7 Å². The SMILES string of the molecule is CC1CCCC(Nc2cc(C(F)(F)F)nc(NN)n2)C1C. The standard InChI is InChI=1S/C13H20F3N5/c1-7-4-3-5-9(8(7)2)18-11-6-10(13(14,15)16)19-12(20-11)21-17/h6-9H,3-5,17H2,1-2H3,(H2,18,19,20,21). The number of nitrogens with two attached hydrogens (primary N) is 1. The van der Waals surface area contributed by atoms with E-state index in [0.29, 0.717) is 11.8 Å². The average Bonchev–Trinajstić information content (AvgIpc) is 2.42. The van der Waals surface area contributed by atoms with E-state index < -0.39 is 11.9 Å². The van der Waals surface area contributed by atoms with Gasteiger partial charge >= 0.3 is 6.18 Å². The topological polar surface area (TPSA) is 75.9 Å². The fourth-order valence-corrected chi connectivity index (χ4v) is 2.71. The fourth-order valence-electron chi connectivity index (χ4n) is 2.71. The zero-order chi connectivity index (χ0) is 15.6. The summed E-state index contributed by atoms with van der Waals surface area (Å²) in [5.74, 6) is 5.95. The smallest absolute Gasteiger partial charge is 0.367 e. The van der Waals surface area contributed by atoms with Gasteiger partial charge in [0, 0.05) is 12.1 Å². The highest BCUT2D eigenvalue weighted by Gasteiger charge is 2.34. The van der Waals surface area contributed by atoms with Crippen LogP contribution in [-0.2, 0) is 6.18 Å². The molecule has 0 aliphatic heterocycles. The van der Waals surface area contributed by atoms with Crippen molar-refractivity contribution in [3.63, 3.8) is 0 Å². The molecule has 1 heterocycles. The molecule has 0 spiro atoms. The zero-order valence-electron chi connectivity index (χ0n) is 12.0. The quantitative estimate of drug-likeness (QED) is 0.591. The normalized spacial score (nSPS) is 26.5. The van der Waals surface area contributed by atoms with Crippen molar-refractivity contribution in [1.82, 2.24) is 9.97 Å². The molecule has 0 aromatic carbocycles. The van der Waals surface area contributed by atoms with Crippen molar-refractivity contribution in [1.29, 1.82) is 0 Å². The Labute approximate surface area is 121 Å². The van der Waals surface area contributed by atoms with Crippen molar-refractivity contribution in [2.75, 3.05) is 10.7 Å². The van der Waals surface area contributed by atoms with Gasteiger partial charge in [0.2, 0.25) is 5.95 Å². The first-order valence-electron chi connectivity index (χ1n) is 7.00. The van der Waals surface area contributed by atoms with Gasteiger partial charge in [-0.25, -0.2) is 10.8 Å². The summed E-state index contributed by atoms with van der Waals surface area (Å²) < 4.78 is 38.4. The van der Waals surface area contributed by atoms with Crippen LogP contribution in [-0.4, -0.2) is 16.0 Å². The van der Waals surface area contributed by atoms with Gasteiger partial charge < -0.3 is 5.32 Å². The number of rotatable bonds is 3. The predicted molar refractivity (Wildman–Crippen MR) is 74.4 cm³/mol. The Bertz CT molecular complexity index is 491. The van der Waals surface area contributed by atoms with E-state index in [-0.39, 0.29) is 17.8 Å². The molecule has 4 N–H and O–H groups in total. The Morgan fingerprint density at radius 3 is 2.57 bits per heavy atom. The monoisotopic (exact) mass is 303 g/mol. The molecule has 1 aromatic rings. The molecule has 118 valence electrons. The number of nitrogen functional groups attached to an aromatic ring is 1. The number of alkyl halides is 3. The molecular formula is C13H20F3N5. The molecule has 3 unspecified atom stereocenters. The molecule has 1 aromatic heterocycles. The van der Waals surface area contributed by atoms with Gasteiger partial charge in [-0.05, 0) is 18.3 Å². The van der Waals surface area contributed by atoms with Crippen molar-refractivity contribution >= 4 is 11.8 Å². The minimum absolute atomic E-state index is 0.107. The first-order valence-corrected chi connectivity index (χ1v) is 7.00. The van der Waals surface area contributed by atoms with E-state index in [2.05, 4.69) is 34.6 Å². The number of hydrogen-bond acceptors (Lipinski definition) is 5. The minimum atomic E-state index is -4.53. The Morgan fingerprint density at radius 2 is 1.95 bits per heavy atom. The number of halogens is 3. The number of hydrazine groups is 1. The predicted octanol–water partition coefficient (Wildman–Crippen LogP) is 3.02. The van der Waals surface area contributed by atoms with Crippen molar-refractivity contribution < 1.29 is 13.2 Å². The largest absolute Gasteiger partial charge is 0.433 e. The first kappa shape index (κ1) is 15.8. The summed E-state index contributed by atoms with van der Waals surface area (Å²) in [4.78, 5) is 7.30. The van der Waals surface area contributed by atoms with Crippen LogP contribution in [0.25, 0.3) is 0 Å². The minimum Gasteiger partial charge on any atom is -0.367 e. The van der Waals surface area contributed by atoms with Crippen molar-refractivity contribution in [3.8, 4) is 0 Å². The van der Waals surface area contributed by atoms with E-state index in [0.717, 1.165) is 25.3 Å². The lowest BCUT2D eigenvalue weighted by atomic mass is 9.78. The molecule has 0 radical (unpaired) electrons.